The van der Waals surface area contributed by atoms with Gasteiger partial charge in [0.05, 0.1) is 18.4 Å². The van der Waals surface area contributed by atoms with Crippen molar-refractivity contribution in [3.63, 3.8) is 0 Å². The molecule has 0 bridgehead atoms. The number of aryl methyl sites for hydroxylation is 1. The summed E-state index contributed by atoms with van der Waals surface area (Å²) in [6.45, 7) is 1.69. The fourth-order valence-corrected chi connectivity index (χ4v) is 1.90. The summed E-state index contributed by atoms with van der Waals surface area (Å²) in [4.78, 5) is 17.2. The van der Waals surface area contributed by atoms with Crippen LogP contribution in [0.15, 0.2) is 36.4 Å². The van der Waals surface area contributed by atoms with Gasteiger partial charge >= 0.3 is 5.97 Å². The molecule has 0 radical (unpaired) electrons. The number of carbonyl (C=O) groups is 1. The van der Waals surface area contributed by atoms with Crippen LogP contribution in [0.3, 0.4) is 0 Å². The SMILES string of the molecule is COc1ccc(N(C)c2ccc(C(=O)O)c(C)n2)cc1. The molecule has 1 aromatic heterocycles. The maximum absolute atomic E-state index is 11.0. The average molecular weight is 272 g/mol. The number of anilines is 2. The number of ether oxygens (including phenoxy) is 1. The Hall–Kier alpha value is -2.56. The monoisotopic (exact) mass is 272 g/mol. The predicted octanol–water partition coefficient (Wildman–Crippen LogP) is 2.86. The number of rotatable bonds is 4. The molecule has 0 aliphatic rings. The molecule has 0 saturated carbocycles. The van der Waals surface area contributed by atoms with E-state index < -0.39 is 5.97 Å². The highest BCUT2D eigenvalue weighted by Gasteiger charge is 2.11. The highest BCUT2D eigenvalue weighted by Crippen LogP contribution is 2.24. The molecule has 0 atom stereocenters. The quantitative estimate of drug-likeness (QED) is 0.927. The zero-order chi connectivity index (χ0) is 14.7. The first-order valence-electron chi connectivity index (χ1n) is 6.11. The van der Waals surface area contributed by atoms with Crippen molar-refractivity contribution >= 4 is 17.5 Å². The largest absolute Gasteiger partial charge is 0.497 e. The highest BCUT2D eigenvalue weighted by atomic mass is 16.5. The second-order valence-electron chi connectivity index (χ2n) is 4.36. The number of nitrogens with zero attached hydrogens (tertiary/aromatic N) is 2. The van der Waals surface area contributed by atoms with E-state index in [1.54, 1.807) is 26.2 Å². The summed E-state index contributed by atoms with van der Waals surface area (Å²) in [5, 5.41) is 9.00. The van der Waals surface area contributed by atoms with E-state index in [0.29, 0.717) is 11.5 Å². The lowest BCUT2D eigenvalue weighted by atomic mass is 10.2. The van der Waals surface area contributed by atoms with E-state index in [1.807, 2.05) is 36.2 Å². The summed E-state index contributed by atoms with van der Waals surface area (Å²) in [5.41, 5.74) is 1.66. The van der Waals surface area contributed by atoms with Crippen LogP contribution >= 0.6 is 0 Å². The van der Waals surface area contributed by atoms with Crippen molar-refractivity contribution in [1.29, 1.82) is 0 Å². The number of carboxylic acids is 1. The summed E-state index contributed by atoms with van der Waals surface area (Å²) >= 11 is 0. The third kappa shape index (κ3) is 2.71. The van der Waals surface area contributed by atoms with Crippen LogP contribution < -0.4 is 9.64 Å². The fraction of sp³-hybridized carbons (Fsp3) is 0.200. The number of methoxy groups -OCH3 is 1. The number of hydrogen-bond donors (Lipinski definition) is 1. The van der Waals surface area contributed by atoms with Crippen LogP contribution in [0, 0.1) is 6.92 Å². The molecule has 0 spiro atoms. The molecule has 0 fully saturated rings. The molecule has 0 amide bonds. The summed E-state index contributed by atoms with van der Waals surface area (Å²) in [6.07, 6.45) is 0. The third-order valence-corrected chi connectivity index (χ3v) is 3.10. The molecule has 0 aliphatic carbocycles. The molecule has 20 heavy (non-hydrogen) atoms. The summed E-state index contributed by atoms with van der Waals surface area (Å²) < 4.78 is 5.12. The molecule has 1 N–H and O–H groups in total. The van der Waals surface area contributed by atoms with E-state index in [4.69, 9.17) is 9.84 Å². The van der Waals surface area contributed by atoms with Crippen molar-refractivity contribution in [1.82, 2.24) is 4.98 Å². The first kappa shape index (κ1) is 13.9. The summed E-state index contributed by atoms with van der Waals surface area (Å²) in [5.74, 6) is 0.513. The molecule has 0 unspecified atom stereocenters. The van der Waals surface area contributed by atoms with Crippen LogP contribution in [0.25, 0.3) is 0 Å². The maximum atomic E-state index is 11.0. The Bertz CT molecular complexity index is 624. The van der Waals surface area contributed by atoms with E-state index in [0.717, 1.165) is 11.4 Å². The summed E-state index contributed by atoms with van der Waals surface area (Å²) in [7, 11) is 3.50. The van der Waals surface area contributed by atoms with Crippen molar-refractivity contribution in [3.05, 3.63) is 47.7 Å². The average Bonchev–Trinajstić information content (AvgIpc) is 2.46. The zero-order valence-corrected chi connectivity index (χ0v) is 11.6. The van der Waals surface area contributed by atoms with E-state index in [-0.39, 0.29) is 5.56 Å². The van der Waals surface area contributed by atoms with Gasteiger partial charge in [0.2, 0.25) is 0 Å². The van der Waals surface area contributed by atoms with Gasteiger partial charge in [-0.15, -0.1) is 0 Å². The van der Waals surface area contributed by atoms with Crippen molar-refractivity contribution in [2.45, 2.75) is 6.92 Å². The minimum atomic E-state index is -0.964. The Kier molecular flexibility index (Phi) is 3.89. The van der Waals surface area contributed by atoms with Gasteiger partial charge in [-0.25, -0.2) is 9.78 Å². The number of pyridine rings is 1. The van der Waals surface area contributed by atoms with Gasteiger partial charge in [0.15, 0.2) is 0 Å². The van der Waals surface area contributed by atoms with Gasteiger partial charge in [-0.2, -0.15) is 0 Å². The molecule has 5 heteroatoms. The second kappa shape index (κ2) is 5.61. The Morgan fingerprint density at radius 1 is 1.20 bits per heavy atom. The minimum Gasteiger partial charge on any atom is -0.497 e. The second-order valence-corrected chi connectivity index (χ2v) is 4.36. The Morgan fingerprint density at radius 2 is 1.85 bits per heavy atom. The van der Waals surface area contributed by atoms with Crippen LogP contribution in [0.2, 0.25) is 0 Å². The van der Waals surface area contributed by atoms with Crippen molar-refractivity contribution in [2.75, 3.05) is 19.1 Å². The van der Waals surface area contributed by atoms with Gasteiger partial charge in [-0.3, -0.25) is 0 Å². The van der Waals surface area contributed by atoms with Gasteiger partial charge in [0, 0.05) is 12.7 Å². The van der Waals surface area contributed by atoms with Crippen LogP contribution in [0.4, 0.5) is 11.5 Å². The van der Waals surface area contributed by atoms with E-state index >= 15 is 0 Å². The molecule has 1 aromatic carbocycles. The highest BCUT2D eigenvalue weighted by molar-refractivity contribution is 5.89. The van der Waals surface area contributed by atoms with Crippen LogP contribution in [0.5, 0.6) is 5.75 Å². The number of hydrogen-bond acceptors (Lipinski definition) is 4. The standard InChI is InChI=1S/C15H16N2O3/c1-10-13(15(18)19)8-9-14(16-10)17(2)11-4-6-12(20-3)7-5-11/h4-9H,1-3H3,(H,18,19). The lowest BCUT2D eigenvalue weighted by molar-refractivity contribution is 0.0695. The summed E-state index contributed by atoms with van der Waals surface area (Å²) in [6, 6.07) is 10.8. The van der Waals surface area contributed by atoms with Crippen molar-refractivity contribution in [3.8, 4) is 5.75 Å². The Balaban J connectivity index is 2.30. The van der Waals surface area contributed by atoms with Crippen LogP contribution in [-0.2, 0) is 0 Å². The molecule has 1 heterocycles. The minimum absolute atomic E-state index is 0.219. The third-order valence-electron chi connectivity index (χ3n) is 3.10. The molecule has 0 aliphatic heterocycles. The van der Waals surface area contributed by atoms with Gasteiger partial charge in [0.1, 0.15) is 11.6 Å². The van der Waals surface area contributed by atoms with Crippen molar-refractivity contribution < 1.29 is 14.6 Å². The molecule has 0 saturated heterocycles. The Morgan fingerprint density at radius 3 is 2.35 bits per heavy atom. The van der Waals surface area contributed by atoms with Crippen molar-refractivity contribution in [2.24, 2.45) is 0 Å². The molecular formula is C15H16N2O3. The smallest absolute Gasteiger partial charge is 0.337 e. The normalized spacial score (nSPS) is 10.2. The Labute approximate surface area is 117 Å². The van der Waals surface area contributed by atoms with E-state index in [9.17, 15) is 4.79 Å². The first-order chi connectivity index (χ1) is 9.52. The van der Waals surface area contributed by atoms with Crippen LogP contribution in [0.1, 0.15) is 16.1 Å². The first-order valence-corrected chi connectivity index (χ1v) is 6.11. The molecular weight excluding hydrogens is 256 g/mol. The van der Waals surface area contributed by atoms with E-state index in [1.165, 1.54) is 0 Å². The lowest BCUT2D eigenvalue weighted by Crippen LogP contribution is -2.13. The fourth-order valence-electron chi connectivity index (χ4n) is 1.90. The molecule has 5 nitrogen and oxygen atoms in total. The van der Waals surface area contributed by atoms with Gasteiger partial charge in [-0.1, -0.05) is 0 Å². The number of aromatic nitrogens is 1. The number of aromatic carboxylic acids is 1. The van der Waals surface area contributed by atoms with Gasteiger partial charge in [0.25, 0.3) is 0 Å². The maximum Gasteiger partial charge on any atom is 0.337 e. The number of carboxylic acid groups (broad SMARTS) is 1. The molecule has 104 valence electrons. The lowest BCUT2D eigenvalue weighted by Gasteiger charge is -2.19. The van der Waals surface area contributed by atoms with E-state index in [2.05, 4.69) is 4.98 Å². The molecule has 2 rings (SSSR count). The zero-order valence-electron chi connectivity index (χ0n) is 11.6. The number of benzene rings is 1. The van der Waals surface area contributed by atoms with Gasteiger partial charge in [-0.05, 0) is 43.3 Å². The predicted molar refractivity (Wildman–Crippen MR) is 77.0 cm³/mol. The van der Waals surface area contributed by atoms with Gasteiger partial charge < -0.3 is 14.7 Å². The molecule has 2 aromatic rings. The topological polar surface area (TPSA) is 62.7 Å². The van der Waals surface area contributed by atoms with Crippen LogP contribution in [-0.4, -0.2) is 30.2 Å².